The van der Waals surface area contributed by atoms with Crippen LogP contribution in [-0.2, 0) is 29.1 Å². The Morgan fingerprint density at radius 1 is 0.273 bits per heavy atom. The van der Waals surface area contributed by atoms with Gasteiger partial charge in [-0.05, 0) is 113 Å². The first kappa shape index (κ1) is 57.5. The zero-order valence-corrected chi connectivity index (χ0v) is 36.4. The molecule has 272 valence electrons. The van der Waals surface area contributed by atoms with Gasteiger partial charge in [0.15, 0.2) is 0 Å². The van der Waals surface area contributed by atoms with Gasteiger partial charge >= 0.3 is 0 Å². The fourth-order valence-corrected chi connectivity index (χ4v) is 13.3. The normalized spacial score (nSPS) is 10.0. The van der Waals surface area contributed by atoms with E-state index in [2.05, 4.69) is 62.3 Å². The fourth-order valence-electron chi connectivity index (χ4n) is 4.44. The van der Waals surface area contributed by atoms with Crippen molar-refractivity contribution in [1.29, 1.82) is 0 Å². The third-order valence-electron chi connectivity index (χ3n) is 7.45. The van der Waals surface area contributed by atoms with E-state index >= 15 is 0 Å². The maximum Gasteiger partial charge on any atom is 0.106 e. The SMILES string of the molecule is C=O.C=O.CCCCP(CCCC)CCCC.CCCCP(CCCC)CCCC.CCCCP(CCCC)CCCC.[Ru]. The topological polar surface area (TPSA) is 34.1 Å². The molecule has 0 aromatic rings. The summed E-state index contributed by atoms with van der Waals surface area (Å²) >= 11 is 0. The van der Waals surface area contributed by atoms with Gasteiger partial charge in [-0.3, -0.25) is 0 Å². The minimum atomic E-state index is 0. The number of rotatable bonds is 27. The Balaban J connectivity index is -0.000000115. The van der Waals surface area contributed by atoms with Crippen molar-refractivity contribution in [2.45, 2.75) is 178 Å². The summed E-state index contributed by atoms with van der Waals surface area (Å²) in [7, 11) is 1.27. The second-order valence-electron chi connectivity index (χ2n) is 11.7. The summed E-state index contributed by atoms with van der Waals surface area (Å²) < 4.78 is 0. The van der Waals surface area contributed by atoms with E-state index in [0.29, 0.717) is 23.8 Å². The largest absolute Gasteiger partial charge is 0.307 e. The summed E-state index contributed by atoms with van der Waals surface area (Å²) in [6.45, 7) is 24.8. The van der Waals surface area contributed by atoms with Crippen molar-refractivity contribution >= 4 is 37.3 Å². The first-order valence-electron chi connectivity index (χ1n) is 18.8. The second kappa shape index (κ2) is 59.7. The number of unbranched alkanes of at least 4 members (excludes halogenated alkanes) is 9. The van der Waals surface area contributed by atoms with E-state index in [1.54, 1.807) is 55.5 Å². The van der Waals surface area contributed by atoms with E-state index in [1.165, 1.54) is 116 Å². The van der Waals surface area contributed by atoms with Gasteiger partial charge in [-0.15, -0.1) is 23.8 Å². The van der Waals surface area contributed by atoms with Crippen molar-refractivity contribution in [2.24, 2.45) is 0 Å². The van der Waals surface area contributed by atoms with Gasteiger partial charge in [0.1, 0.15) is 13.6 Å². The molecular formula is C38H85O2P3Ru. The van der Waals surface area contributed by atoms with Crippen LogP contribution in [0.25, 0.3) is 0 Å². The molecule has 44 heavy (non-hydrogen) atoms. The number of hydrogen-bond donors (Lipinski definition) is 0. The van der Waals surface area contributed by atoms with Crippen LogP contribution in [0.2, 0.25) is 0 Å². The maximum absolute atomic E-state index is 8.00. The molecule has 0 saturated heterocycles. The molecule has 0 N–H and O–H groups in total. The van der Waals surface area contributed by atoms with E-state index in [9.17, 15) is 0 Å². The Bertz CT molecular complexity index is 317. The van der Waals surface area contributed by atoms with Gasteiger partial charge < -0.3 is 9.59 Å². The molecular weight excluding hydrogens is 682 g/mol. The van der Waals surface area contributed by atoms with Crippen LogP contribution in [0, 0.1) is 0 Å². The van der Waals surface area contributed by atoms with Crippen LogP contribution in [0.3, 0.4) is 0 Å². The number of carbonyl (C=O) groups excluding carboxylic acids is 2. The Hall–Kier alpha value is 1.25. The zero-order chi connectivity index (χ0) is 33.8. The van der Waals surface area contributed by atoms with Crippen molar-refractivity contribution in [1.82, 2.24) is 0 Å². The molecule has 0 bridgehead atoms. The molecule has 0 aromatic carbocycles. The van der Waals surface area contributed by atoms with E-state index in [4.69, 9.17) is 9.59 Å². The smallest absolute Gasteiger partial charge is 0.106 e. The molecule has 0 aliphatic heterocycles. The molecule has 0 spiro atoms. The first-order valence-corrected chi connectivity index (χ1v) is 24.5. The van der Waals surface area contributed by atoms with Crippen LogP contribution in [0.1, 0.15) is 178 Å². The molecule has 0 amide bonds. The minimum absolute atomic E-state index is 0. The molecule has 2 nitrogen and oxygen atoms in total. The summed E-state index contributed by atoms with van der Waals surface area (Å²) in [5.41, 5.74) is 0. The van der Waals surface area contributed by atoms with Crippen LogP contribution in [0.5, 0.6) is 0 Å². The van der Waals surface area contributed by atoms with Crippen LogP contribution in [0.4, 0.5) is 0 Å². The summed E-state index contributed by atoms with van der Waals surface area (Å²) in [4.78, 5) is 16.0. The Kier molecular flexibility index (Phi) is 78.0. The van der Waals surface area contributed by atoms with E-state index in [1.807, 2.05) is 13.6 Å². The van der Waals surface area contributed by atoms with Gasteiger partial charge in [0.25, 0.3) is 0 Å². The summed E-state index contributed by atoms with van der Waals surface area (Å²) in [5, 5.41) is 0. The van der Waals surface area contributed by atoms with Crippen LogP contribution in [0.15, 0.2) is 0 Å². The molecule has 0 heterocycles. The van der Waals surface area contributed by atoms with Crippen molar-refractivity contribution in [3.05, 3.63) is 0 Å². The quantitative estimate of drug-likeness (QED) is 0.0616. The Morgan fingerprint density at radius 2 is 0.364 bits per heavy atom. The van der Waals surface area contributed by atoms with Crippen molar-refractivity contribution in [2.75, 3.05) is 55.5 Å². The third-order valence-corrected chi connectivity index (χ3v) is 16.0. The van der Waals surface area contributed by atoms with Gasteiger partial charge in [-0.1, -0.05) is 120 Å². The minimum Gasteiger partial charge on any atom is -0.307 e. The molecule has 0 rings (SSSR count). The average molecular weight is 768 g/mol. The monoisotopic (exact) mass is 768 g/mol. The van der Waals surface area contributed by atoms with Crippen LogP contribution < -0.4 is 0 Å². The van der Waals surface area contributed by atoms with Crippen molar-refractivity contribution < 1.29 is 29.1 Å². The Labute approximate surface area is 298 Å². The molecule has 0 unspecified atom stereocenters. The predicted octanol–water partition coefficient (Wildman–Crippen LogP) is 14.2. The van der Waals surface area contributed by atoms with Crippen LogP contribution >= 0.6 is 23.8 Å². The Morgan fingerprint density at radius 3 is 0.432 bits per heavy atom. The summed E-state index contributed by atoms with van der Waals surface area (Å²) in [6, 6.07) is 0. The van der Waals surface area contributed by atoms with Gasteiger partial charge in [-0.2, -0.15) is 0 Å². The molecule has 0 saturated carbocycles. The average Bonchev–Trinajstić information content (AvgIpc) is 3.06. The maximum atomic E-state index is 8.00. The standard InChI is InChI=1S/3C12H27P.2CH2O.Ru/c3*1-4-7-10-13(11-8-5-2)12-9-6-3;2*1-2;/h3*4-12H2,1-3H3;2*1H2;. The number of hydrogen-bond acceptors (Lipinski definition) is 2. The summed E-state index contributed by atoms with van der Waals surface area (Å²) in [6.07, 6.45) is 39.6. The molecule has 6 heteroatoms. The molecule has 0 aromatic heterocycles. The molecule has 0 atom stereocenters. The van der Waals surface area contributed by atoms with Gasteiger partial charge in [-0.25, -0.2) is 0 Å². The van der Waals surface area contributed by atoms with E-state index in [-0.39, 0.29) is 19.5 Å². The van der Waals surface area contributed by atoms with Gasteiger partial charge in [0.2, 0.25) is 0 Å². The van der Waals surface area contributed by atoms with Crippen LogP contribution in [-0.4, -0.2) is 69.0 Å². The summed E-state index contributed by atoms with van der Waals surface area (Å²) in [5.74, 6) is 0. The van der Waals surface area contributed by atoms with E-state index < -0.39 is 0 Å². The van der Waals surface area contributed by atoms with Crippen molar-refractivity contribution in [3.63, 3.8) is 0 Å². The third kappa shape index (κ3) is 55.6. The van der Waals surface area contributed by atoms with Gasteiger partial charge in [0, 0.05) is 19.5 Å². The fraction of sp³-hybridized carbons (Fsp3) is 0.947. The molecule has 0 aliphatic carbocycles. The molecule has 0 aliphatic rings. The molecule has 0 radical (unpaired) electrons. The van der Waals surface area contributed by atoms with E-state index in [0.717, 1.165) is 0 Å². The molecule has 0 fully saturated rings. The number of carbonyl (C=O) groups is 2. The van der Waals surface area contributed by atoms with Crippen molar-refractivity contribution in [3.8, 4) is 0 Å². The second-order valence-corrected chi connectivity index (χ2v) is 19.8. The van der Waals surface area contributed by atoms with Gasteiger partial charge in [0.05, 0.1) is 0 Å². The first-order chi connectivity index (χ1) is 21.0. The zero-order valence-electron chi connectivity index (χ0n) is 32.0. The predicted molar refractivity (Wildman–Crippen MR) is 213 cm³/mol.